The van der Waals surface area contributed by atoms with E-state index in [1.807, 2.05) is 48.6 Å². The van der Waals surface area contributed by atoms with Crippen LogP contribution in [0.1, 0.15) is 70.2 Å². The van der Waals surface area contributed by atoms with E-state index >= 15 is 0 Å². The molecule has 240 valence electrons. The number of fused-ring (bicyclic) bond motifs is 3. The van der Waals surface area contributed by atoms with Crippen molar-refractivity contribution in [3.05, 3.63) is 148 Å². The summed E-state index contributed by atoms with van der Waals surface area (Å²) in [5, 5.41) is 7.17. The summed E-state index contributed by atoms with van der Waals surface area (Å²) in [6.45, 7) is 13.7. The van der Waals surface area contributed by atoms with Gasteiger partial charge in [-0.3, -0.25) is 6.08 Å². The molecule has 0 unspecified atom stereocenters. The van der Waals surface area contributed by atoms with Crippen molar-refractivity contribution < 1.29 is 49.0 Å². The van der Waals surface area contributed by atoms with Crippen LogP contribution in [0.15, 0.2) is 109 Å². The molecule has 0 aliphatic heterocycles. The Hall–Kier alpha value is -1.86. The Morgan fingerprint density at radius 1 is 0.696 bits per heavy atom. The normalized spacial score (nSPS) is 12.0. The Balaban J connectivity index is 0.000000270. The molecule has 0 nitrogen and oxygen atoms in total. The molecule has 0 heterocycles. The molecule has 5 aromatic rings. The van der Waals surface area contributed by atoms with Crippen molar-refractivity contribution in [3.63, 3.8) is 0 Å². The number of hydrogen-bond donors (Lipinski definition) is 0. The van der Waals surface area contributed by atoms with E-state index < -0.39 is 0 Å². The summed E-state index contributed by atoms with van der Waals surface area (Å²) in [6.07, 6.45) is 11.9. The van der Waals surface area contributed by atoms with Crippen LogP contribution in [0.25, 0.3) is 21.5 Å². The van der Waals surface area contributed by atoms with Crippen molar-refractivity contribution in [1.82, 2.24) is 0 Å². The van der Waals surface area contributed by atoms with Crippen molar-refractivity contribution in [2.75, 3.05) is 0 Å². The summed E-state index contributed by atoms with van der Waals surface area (Å²) in [5.41, 5.74) is 5.59. The van der Waals surface area contributed by atoms with Gasteiger partial charge in [0.05, 0.1) is 0 Å². The van der Waals surface area contributed by atoms with E-state index in [-0.39, 0.29) is 35.6 Å². The number of halogens is 4. The largest absolute Gasteiger partial charge is 1.00 e. The Bertz CT molecular complexity index is 1670. The molecule has 5 heteroatoms. The molecule has 0 bridgehead atoms. The summed E-state index contributed by atoms with van der Waals surface area (Å²) < 4.78 is 1.45. The second kappa shape index (κ2) is 18.1. The maximum atomic E-state index is 6.17. The second-order valence-electron chi connectivity index (χ2n) is 13.4. The third-order valence-electron chi connectivity index (χ3n) is 7.75. The first kappa shape index (κ1) is 40.3. The molecule has 1 aliphatic carbocycles. The van der Waals surface area contributed by atoms with Gasteiger partial charge in [0.25, 0.3) is 0 Å². The Morgan fingerprint density at radius 3 is 1.46 bits per heavy atom. The van der Waals surface area contributed by atoms with Gasteiger partial charge in [-0.05, 0) is 10.8 Å². The molecule has 5 aromatic carbocycles. The fraction of sp³-hybridized carbons (Fsp3) is 0.268. The minimum absolute atomic E-state index is 0. The van der Waals surface area contributed by atoms with Crippen LogP contribution in [0, 0.1) is 6.08 Å². The minimum atomic E-state index is 0. The summed E-state index contributed by atoms with van der Waals surface area (Å²) in [4.78, 5) is 0. The van der Waals surface area contributed by atoms with E-state index in [0.717, 1.165) is 29.3 Å². The molecule has 0 aromatic heterocycles. The average Bonchev–Trinajstić information content (AvgIpc) is 3.66. The molecular formula is C41H42Cl4Zr-2. The molecule has 0 atom stereocenters. The van der Waals surface area contributed by atoms with Gasteiger partial charge in [-0.2, -0.15) is 6.08 Å². The summed E-state index contributed by atoms with van der Waals surface area (Å²) in [5.74, 6) is 0. The zero-order valence-corrected chi connectivity index (χ0v) is 33.0. The molecule has 1 aliphatic rings. The molecule has 0 saturated heterocycles. The van der Waals surface area contributed by atoms with Gasteiger partial charge in [-0.1, -0.05) is 76.9 Å². The molecule has 0 N–H and O–H groups in total. The quantitative estimate of drug-likeness (QED) is 0.194. The third kappa shape index (κ3) is 11.4. The van der Waals surface area contributed by atoms with Crippen molar-refractivity contribution in [1.29, 1.82) is 0 Å². The van der Waals surface area contributed by atoms with Crippen LogP contribution >= 0.6 is 23.2 Å². The van der Waals surface area contributed by atoms with Gasteiger partial charge in [0.2, 0.25) is 0 Å². The van der Waals surface area contributed by atoms with Crippen molar-refractivity contribution >= 4 is 48.0 Å². The van der Waals surface area contributed by atoms with E-state index in [2.05, 4.69) is 108 Å². The Morgan fingerprint density at radius 2 is 1.13 bits per heavy atom. The first-order chi connectivity index (χ1) is 20.8. The van der Waals surface area contributed by atoms with Crippen molar-refractivity contribution in [3.8, 4) is 0 Å². The van der Waals surface area contributed by atoms with Gasteiger partial charge in [0, 0.05) is 0 Å². The monoisotopic (exact) mass is 764 g/mol. The summed E-state index contributed by atoms with van der Waals surface area (Å²) in [7, 11) is 0. The standard InChI is InChI=1S/C21H25.C15H12Cl2.C5H5.2ClH.Zr/c1-20(2,3)16-9-7-14-11-15-8-10-17(21(4,5)6)13-19(15)18(14)12-16;16-14-10-3-1-6-12(14)8-5-9-13-7-2-4-11-15(13)17;1-2-4-5-3-1;;;/h7-13H,1-6H3;1-4,6-7,10-11H,8-9H2;1-3H,4H2;2*1H;/q-1;;-1;;;+2/p-2. The molecule has 0 saturated carbocycles. The zero-order chi connectivity index (χ0) is 31.9. The van der Waals surface area contributed by atoms with Crippen LogP contribution in [0.4, 0.5) is 0 Å². The van der Waals surface area contributed by atoms with Gasteiger partial charge < -0.3 is 24.8 Å². The molecule has 0 amide bonds. The summed E-state index contributed by atoms with van der Waals surface area (Å²) >= 11 is 13.8. The van der Waals surface area contributed by atoms with E-state index in [1.54, 1.807) is 0 Å². The number of hydrogen-bond acceptors (Lipinski definition) is 0. The topological polar surface area (TPSA) is 0 Å². The van der Waals surface area contributed by atoms with Crippen LogP contribution in [0.2, 0.25) is 10.0 Å². The molecule has 0 radical (unpaired) electrons. The fourth-order valence-corrected chi connectivity index (χ4v) is 6.42. The molecule has 0 spiro atoms. The maximum Gasteiger partial charge on any atom is -0.109 e. The van der Waals surface area contributed by atoms with Crippen molar-refractivity contribution in [2.45, 2.75) is 71.6 Å². The molecule has 0 fully saturated rings. The number of benzene rings is 4. The van der Waals surface area contributed by atoms with Crippen LogP contribution in [-0.4, -0.2) is 3.21 Å². The Kier molecular flexibility index (Phi) is 15.8. The molecule has 46 heavy (non-hydrogen) atoms. The van der Waals surface area contributed by atoms with Gasteiger partial charge in [0.15, 0.2) is 0 Å². The van der Waals surface area contributed by atoms with Crippen molar-refractivity contribution in [2.24, 2.45) is 0 Å². The predicted molar refractivity (Wildman–Crippen MR) is 191 cm³/mol. The number of allylic oxidation sites excluding steroid dienone is 4. The molecule has 6 rings (SSSR count). The fourth-order valence-electron chi connectivity index (χ4n) is 5.08. The zero-order valence-electron chi connectivity index (χ0n) is 27.5. The average molecular weight is 768 g/mol. The first-order valence-corrected chi connectivity index (χ1v) is 17.2. The number of rotatable bonds is 4. The van der Waals surface area contributed by atoms with Crippen LogP contribution < -0.4 is 24.8 Å². The Labute approximate surface area is 313 Å². The maximum absolute atomic E-state index is 6.17. The van der Waals surface area contributed by atoms with Gasteiger partial charge in [-0.15, -0.1) is 46.2 Å². The van der Waals surface area contributed by atoms with Gasteiger partial charge in [-0.25, -0.2) is 12.2 Å². The van der Waals surface area contributed by atoms with E-state index in [4.69, 9.17) is 23.2 Å². The third-order valence-corrected chi connectivity index (χ3v) is 9.36. The first-order valence-electron chi connectivity index (χ1n) is 15.2. The van der Waals surface area contributed by atoms with Gasteiger partial charge in [0.1, 0.15) is 0 Å². The predicted octanol–water partition coefficient (Wildman–Crippen LogP) is 6.12. The van der Waals surface area contributed by atoms with E-state index in [1.165, 1.54) is 71.2 Å². The minimum Gasteiger partial charge on any atom is -1.00 e. The second-order valence-corrected chi connectivity index (χ2v) is 15.9. The van der Waals surface area contributed by atoms with E-state index in [9.17, 15) is 0 Å². The van der Waals surface area contributed by atoms with Crippen LogP contribution in [-0.2, 0) is 47.9 Å². The molecular weight excluding hydrogens is 725 g/mol. The van der Waals surface area contributed by atoms with Crippen LogP contribution in [0.5, 0.6) is 0 Å². The smallest absolute Gasteiger partial charge is 0.109 e. The summed E-state index contributed by atoms with van der Waals surface area (Å²) in [6, 6.07) is 32.2. The SMILES string of the molecule is CC(C)(C)c1ccc2[cH-]c3ccc(C(C)(C)C)cc3c2c1.Clc1ccccc1C[C](=[Zr+2])Cc1ccccc1Cl.[C-]1=CC=CC1.[Cl-].[Cl-]. The van der Waals surface area contributed by atoms with Gasteiger partial charge >= 0.3 is 133 Å². The van der Waals surface area contributed by atoms with E-state index in [0.29, 0.717) is 0 Å². The van der Waals surface area contributed by atoms with Crippen LogP contribution in [0.3, 0.4) is 0 Å².